The largest absolute Gasteiger partial charge is 0.511 e. The molecule has 1 aromatic heterocycles. The quantitative estimate of drug-likeness (QED) is 0.744. The predicted molar refractivity (Wildman–Crippen MR) is 57.5 cm³/mol. The molecule has 0 spiro atoms. The molecule has 0 saturated heterocycles. The minimum atomic E-state index is -0.678. The average Bonchev–Trinajstić information content (AvgIpc) is 2.67. The molecule has 0 aliphatic heterocycles. The van der Waals surface area contributed by atoms with E-state index in [1.807, 2.05) is 24.4 Å². The molecular formula is C11H12O2S. The van der Waals surface area contributed by atoms with E-state index in [1.165, 1.54) is 0 Å². The molecule has 3 heteroatoms. The van der Waals surface area contributed by atoms with Crippen molar-refractivity contribution in [3.05, 3.63) is 46.4 Å². The van der Waals surface area contributed by atoms with Gasteiger partial charge in [0.05, 0.1) is 11.5 Å². The molecular weight excluding hydrogens is 196 g/mol. The Bertz CT molecular complexity index is 378. The van der Waals surface area contributed by atoms with Gasteiger partial charge in [0.25, 0.3) is 0 Å². The van der Waals surface area contributed by atoms with Gasteiger partial charge in [-0.3, -0.25) is 0 Å². The second kappa shape index (κ2) is 3.26. The van der Waals surface area contributed by atoms with Crippen molar-refractivity contribution in [3.63, 3.8) is 0 Å². The third-order valence-corrected chi connectivity index (χ3v) is 3.81. The van der Waals surface area contributed by atoms with E-state index in [1.54, 1.807) is 29.6 Å². The van der Waals surface area contributed by atoms with Crippen LogP contribution >= 0.6 is 11.3 Å². The Hall–Kier alpha value is -1.06. The smallest absolute Gasteiger partial charge is 0.106 e. The van der Waals surface area contributed by atoms with Crippen LogP contribution in [0, 0.1) is 0 Å². The first kappa shape index (κ1) is 9.49. The third-order valence-electron chi connectivity index (χ3n) is 2.70. The Morgan fingerprint density at radius 1 is 1.50 bits per heavy atom. The molecule has 0 fully saturated rings. The standard InChI is InChI=1S/C11H12O2S/c1-11(10-6-3-7-14-10)8(12)4-2-5-9(11)13/h2-8,12-13H,1H3. The minimum Gasteiger partial charge on any atom is -0.511 e. The van der Waals surface area contributed by atoms with E-state index in [-0.39, 0.29) is 5.76 Å². The van der Waals surface area contributed by atoms with Crippen LogP contribution < -0.4 is 0 Å². The number of aliphatic hydroxyl groups excluding tert-OH is 2. The topological polar surface area (TPSA) is 40.5 Å². The molecule has 2 rings (SSSR count). The summed E-state index contributed by atoms with van der Waals surface area (Å²) in [6, 6.07) is 3.85. The van der Waals surface area contributed by atoms with Crippen molar-refractivity contribution in [1.82, 2.24) is 0 Å². The van der Waals surface area contributed by atoms with Crippen molar-refractivity contribution in [1.29, 1.82) is 0 Å². The van der Waals surface area contributed by atoms with Crippen molar-refractivity contribution >= 4 is 11.3 Å². The van der Waals surface area contributed by atoms with E-state index in [0.717, 1.165) is 4.88 Å². The fourth-order valence-corrected chi connectivity index (χ4v) is 2.55. The highest BCUT2D eigenvalue weighted by Gasteiger charge is 2.39. The Kier molecular flexibility index (Phi) is 2.21. The van der Waals surface area contributed by atoms with Crippen LogP contribution in [0.25, 0.3) is 0 Å². The van der Waals surface area contributed by atoms with E-state index in [9.17, 15) is 10.2 Å². The zero-order valence-corrected chi connectivity index (χ0v) is 8.66. The van der Waals surface area contributed by atoms with E-state index < -0.39 is 11.5 Å². The number of allylic oxidation sites excluding steroid dienone is 2. The van der Waals surface area contributed by atoms with Crippen LogP contribution in [0.5, 0.6) is 0 Å². The van der Waals surface area contributed by atoms with Crippen molar-refractivity contribution in [3.8, 4) is 0 Å². The van der Waals surface area contributed by atoms with Crippen molar-refractivity contribution < 1.29 is 10.2 Å². The van der Waals surface area contributed by atoms with Crippen LogP contribution in [0.15, 0.2) is 41.5 Å². The van der Waals surface area contributed by atoms with Crippen LogP contribution in [-0.4, -0.2) is 16.3 Å². The average molecular weight is 208 g/mol. The number of thiophene rings is 1. The summed E-state index contributed by atoms with van der Waals surface area (Å²) in [5.74, 6) is 0.218. The Balaban J connectivity index is 2.49. The lowest BCUT2D eigenvalue weighted by Gasteiger charge is -2.33. The number of aliphatic hydroxyl groups is 2. The highest BCUT2D eigenvalue weighted by atomic mass is 32.1. The molecule has 0 amide bonds. The lowest BCUT2D eigenvalue weighted by atomic mass is 9.78. The first-order chi connectivity index (χ1) is 6.65. The van der Waals surface area contributed by atoms with Crippen molar-refractivity contribution in [2.75, 3.05) is 0 Å². The van der Waals surface area contributed by atoms with Gasteiger partial charge in [-0.05, 0) is 24.4 Å². The van der Waals surface area contributed by atoms with E-state index in [4.69, 9.17) is 0 Å². The minimum absolute atomic E-state index is 0.218. The molecule has 14 heavy (non-hydrogen) atoms. The van der Waals surface area contributed by atoms with Gasteiger partial charge in [-0.1, -0.05) is 18.2 Å². The lowest BCUT2D eigenvalue weighted by molar-refractivity contribution is 0.122. The monoisotopic (exact) mass is 208 g/mol. The second-order valence-electron chi connectivity index (χ2n) is 3.56. The van der Waals surface area contributed by atoms with Gasteiger partial charge in [0.2, 0.25) is 0 Å². The van der Waals surface area contributed by atoms with Gasteiger partial charge in [0.1, 0.15) is 5.76 Å². The van der Waals surface area contributed by atoms with Gasteiger partial charge in [0, 0.05) is 4.88 Å². The van der Waals surface area contributed by atoms with Gasteiger partial charge < -0.3 is 10.2 Å². The van der Waals surface area contributed by atoms with Crippen molar-refractivity contribution in [2.45, 2.75) is 18.4 Å². The maximum absolute atomic E-state index is 9.89. The lowest BCUT2D eigenvalue weighted by Crippen LogP contribution is -2.38. The van der Waals surface area contributed by atoms with Crippen LogP contribution in [0.1, 0.15) is 11.8 Å². The third kappa shape index (κ3) is 1.21. The van der Waals surface area contributed by atoms with Gasteiger partial charge in [-0.2, -0.15) is 0 Å². The summed E-state index contributed by atoms with van der Waals surface area (Å²) < 4.78 is 0. The Labute approximate surface area is 86.8 Å². The molecule has 0 radical (unpaired) electrons. The van der Waals surface area contributed by atoms with Crippen LogP contribution in [0.4, 0.5) is 0 Å². The molecule has 2 N–H and O–H groups in total. The number of rotatable bonds is 1. The van der Waals surface area contributed by atoms with Gasteiger partial charge >= 0.3 is 0 Å². The molecule has 1 aliphatic rings. The van der Waals surface area contributed by atoms with Crippen LogP contribution in [0.2, 0.25) is 0 Å². The SMILES string of the molecule is CC1(c2cccs2)C(O)=CC=CC1O. The summed E-state index contributed by atoms with van der Waals surface area (Å²) in [5.41, 5.74) is -0.678. The zero-order chi connectivity index (χ0) is 10.2. The summed E-state index contributed by atoms with van der Waals surface area (Å²) >= 11 is 1.54. The molecule has 1 aromatic rings. The van der Waals surface area contributed by atoms with Gasteiger partial charge in [-0.25, -0.2) is 0 Å². The number of hydrogen-bond acceptors (Lipinski definition) is 3. The summed E-state index contributed by atoms with van der Waals surface area (Å²) in [4.78, 5) is 0.975. The molecule has 2 unspecified atom stereocenters. The Morgan fingerprint density at radius 2 is 2.29 bits per heavy atom. The molecule has 2 nitrogen and oxygen atoms in total. The maximum atomic E-state index is 9.89. The summed E-state index contributed by atoms with van der Waals surface area (Å²) in [5, 5.41) is 21.7. The fraction of sp³-hybridized carbons (Fsp3) is 0.273. The van der Waals surface area contributed by atoms with E-state index in [2.05, 4.69) is 0 Å². The van der Waals surface area contributed by atoms with Crippen LogP contribution in [-0.2, 0) is 5.41 Å². The number of hydrogen-bond donors (Lipinski definition) is 2. The highest BCUT2D eigenvalue weighted by Crippen LogP contribution is 2.39. The fourth-order valence-electron chi connectivity index (χ4n) is 1.62. The van der Waals surface area contributed by atoms with E-state index >= 15 is 0 Å². The van der Waals surface area contributed by atoms with Gasteiger partial charge in [0.15, 0.2) is 0 Å². The zero-order valence-electron chi connectivity index (χ0n) is 7.84. The molecule has 0 bridgehead atoms. The Morgan fingerprint density at radius 3 is 2.86 bits per heavy atom. The predicted octanol–water partition coefficient (Wildman–Crippen LogP) is 2.38. The summed E-state index contributed by atoms with van der Waals surface area (Å²) in [7, 11) is 0. The van der Waals surface area contributed by atoms with E-state index in [0.29, 0.717) is 0 Å². The van der Waals surface area contributed by atoms with Crippen LogP contribution in [0.3, 0.4) is 0 Å². The molecule has 1 aliphatic carbocycles. The summed E-state index contributed by atoms with van der Waals surface area (Å²) in [6.07, 6.45) is 4.34. The normalized spacial score (nSPS) is 31.6. The van der Waals surface area contributed by atoms with Crippen molar-refractivity contribution in [2.24, 2.45) is 0 Å². The first-order valence-corrected chi connectivity index (χ1v) is 5.33. The molecule has 0 aromatic carbocycles. The second-order valence-corrected chi connectivity index (χ2v) is 4.51. The summed E-state index contributed by atoms with van der Waals surface area (Å²) in [6.45, 7) is 1.85. The molecule has 74 valence electrons. The molecule has 0 saturated carbocycles. The highest BCUT2D eigenvalue weighted by molar-refractivity contribution is 7.10. The maximum Gasteiger partial charge on any atom is 0.106 e. The van der Waals surface area contributed by atoms with Gasteiger partial charge in [-0.15, -0.1) is 11.3 Å². The molecule has 1 heterocycles. The first-order valence-electron chi connectivity index (χ1n) is 4.45. The molecule has 2 atom stereocenters.